The van der Waals surface area contributed by atoms with Crippen molar-refractivity contribution >= 4 is 50.6 Å². The molecule has 100 valence electrons. The number of carbonyl (C=O) groups is 1. The van der Waals surface area contributed by atoms with Crippen LogP contribution in [0.15, 0.2) is 28.9 Å². The van der Waals surface area contributed by atoms with Crippen LogP contribution in [0.4, 0.5) is 5.82 Å². The lowest BCUT2D eigenvalue weighted by molar-refractivity contribution is 0.0787. The highest BCUT2D eigenvalue weighted by molar-refractivity contribution is 9.10. The molecule has 0 fully saturated rings. The Morgan fingerprint density at radius 1 is 1.58 bits per heavy atom. The maximum absolute atomic E-state index is 12.3. The number of hydrogen-bond acceptors (Lipinski definition) is 4. The number of halogens is 2. The van der Waals surface area contributed by atoms with E-state index in [1.165, 1.54) is 11.3 Å². The fourth-order valence-corrected chi connectivity index (χ4v) is 3.04. The minimum absolute atomic E-state index is 0.171. The van der Waals surface area contributed by atoms with Crippen LogP contribution in [0.3, 0.4) is 0 Å². The third-order valence-corrected chi connectivity index (χ3v) is 4.13. The molecule has 2 heterocycles. The van der Waals surface area contributed by atoms with Crippen molar-refractivity contribution in [1.29, 1.82) is 0 Å². The van der Waals surface area contributed by atoms with Gasteiger partial charge in [-0.3, -0.25) is 4.79 Å². The predicted molar refractivity (Wildman–Crippen MR) is 81.5 cm³/mol. The molecule has 7 heteroatoms. The van der Waals surface area contributed by atoms with Gasteiger partial charge in [0, 0.05) is 22.6 Å². The summed E-state index contributed by atoms with van der Waals surface area (Å²) in [7, 11) is 1.72. The van der Waals surface area contributed by atoms with Crippen LogP contribution in [-0.2, 0) is 6.54 Å². The molecule has 4 nitrogen and oxygen atoms in total. The van der Waals surface area contributed by atoms with Crippen molar-refractivity contribution in [2.45, 2.75) is 6.54 Å². The Labute approximate surface area is 128 Å². The van der Waals surface area contributed by atoms with Gasteiger partial charge in [0.15, 0.2) is 0 Å². The summed E-state index contributed by atoms with van der Waals surface area (Å²) in [4.78, 5) is 18.8. The molecule has 2 N–H and O–H groups in total. The molecule has 0 spiro atoms. The zero-order valence-electron chi connectivity index (χ0n) is 10.1. The van der Waals surface area contributed by atoms with Crippen molar-refractivity contribution in [3.05, 3.63) is 43.6 Å². The van der Waals surface area contributed by atoms with Crippen molar-refractivity contribution in [2.75, 3.05) is 12.8 Å². The van der Waals surface area contributed by atoms with E-state index >= 15 is 0 Å². The fourth-order valence-electron chi connectivity index (χ4n) is 1.57. The van der Waals surface area contributed by atoms with Gasteiger partial charge in [-0.25, -0.2) is 4.98 Å². The summed E-state index contributed by atoms with van der Waals surface area (Å²) in [6, 6.07) is 5.39. The van der Waals surface area contributed by atoms with Gasteiger partial charge in [-0.2, -0.15) is 0 Å². The Balaban J connectivity index is 2.16. The van der Waals surface area contributed by atoms with E-state index in [0.29, 0.717) is 16.4 Å². The zero-order valence-corrected chi connectivity index (χ0v) is 13.2. The summed E-state index contributed by atoms with van der Waals surface area (Å²) in [5, 5.41) is 0. The third-order valence-electron chi connectivity index (χ3n) is 2.48. The SMILES string of the molecule is CN(Cc1ccc(Cl)s1)C(=O)c1cc(Br)cnc1N. The molecule has 0 aliphatic rings. The molecule has 0 saturated heterocycles. The Morgan fingerprint density at radius 3 is 2.95 bits per heavy atom. The number of hydrogen-bond donors (Lipinski definition) is 1. The van der Waals surface area contributed by atoms with Gasteiger partial charge >= 0.3 is 0 Å². The molecule has 0 aromatic carbocycles. The second-order valence-electron chi connectivity index (χ2n) is 3.95. The van der Waals surface area contributed by atoms with E-state index in [4.69, 9.17) is 17.3 Å². The van der Waals surface area contributed by atoms with Gasteiger partial charge in [-0.05, 0) is 34.1 Å². The number of thiophene rings is 1. The summed E-state index contributed by atoms with van der Waals surface area (Å²) in [5.74, 6) is 0.0556. The highest BCUT2D eigenvalue weighted by Crippen LogP contribution is 2.23. The van der Waals surface area contributed by atoms with E-state index in [9.17, 15) is 4.79 Å². The first-order valence-corrected chi connectivity index (χ1v) is 7.37. The number of rotatable bonds is 3. The lowest BCUT2D eigenvalue weighted by atomic mass is 10.2. The Kier molecular flexibility index (Phi) is 4.44. The van der Waals surface area contributed by atoms with Crippen LogP contribution in [0.5, 0.6) is 0 Å². The number of pyridine rings is 1. The fraction of sp³-hybridized carbons (Fsp3) is 0.167. The molecule has 2 aromatic rings. The van der Waals surface area contributed by atoms with Crippen LogP contribution < -0.4 is 5.73 Å². The number of carbonyl (C=O) groups excluding carboxylic acids is 1. The molecule has 0 unspecified atom stereocenters. The van der Waals surface area contributed by atoms with E-state index in [1.807, 2.05) is 12.1 Å². The van der Waals surface area contributed by atoms with E-state index in [1.54, 1.807) is 24.2 Å². The van der Waals surface area contributed by atoms with Gasteiger partial charge in [0.1, 0.15) is 5.82 Å². The van der Waals surface area contributed by atoms with Crippen molar-refractivity contribution in [3.63, 3.8) is 0 Å². The molecule has 2 rings (SSSR count). The van der Waals surface area contributed by atoms with Crippen LogP contribution in [-0.4, -0.2) is 22.8 Å². The topological polar surface area (TPSA) is 59.2 Å². The first-order chi connectivity index (χ1) is 8.97. The van der Waals surface area contributed by atoms with Crippen LogP contribution in [0.25, 0.3) is 0 Å². The molecule has 0 atom stereocenters. The van der Waals surface area contributed by atoms with Gasteiger partial charge in [0.2, 0.25) is 0 Å². The summed E-state index contributed by atoms with van der Waals surface area (Å²) >= 11 is 10.6. The van der Waals surface area contributed by atoms with Crippen LogP contribution in [0, 0.1) is 0 Å². The summed E-state index contributed by atoms with van der Waals surface area (Å²) in [6.07, 6.45) is 1.56. The molecule has 1 amide bonds. The molecule has 0 aliphatic carbocycles. The number of amides is 1. The maximum atomic E-state index is 12.3. The van der Waals surface area contributed by atoms with E-state index in [2.05, 4.69) is 20.9 Å². The number of nitrogen functional groups attached to an aromatic ring is 1. The average molecular weight is 361 g/mol. The standard InChI is InChI=1S/C12H11BrClN3OS/c1-17(6-8-2-3-10(14)19-8)12(18)9-4-7(13)5-16-11(9)15/h2-5H,6H2,1H3,(H2,15,16). The van der Waals surface area contributed by atoms with Crippen molar-refractivity contribution < 1.29 is 4.79 Å². The molecular weight excluding hydrogens is 350 g/mol. The molecule has 0 bridgehead atoms. The van der Waals surface area contributed by atoms with E-state index in [-0.39, 0.29) is 11.7 Å². The minimum atomic E-state index is -0.171. The summed E-state index contributed by atoms with van der Waals surface area (Å²) in [5.41, 5.74) is 6.12. The van der Waals surface area contributed by atoms with Crippen LogP contribution >= 0.6 is 38.9 Å². The summed E-state index contributed by atoms with van der Waals surface area (Å²) in [6.45, 7) is 0.488. The zero-order chi connectivity index (χ0) is 14.0. The first-order valence-electron chi connectivity index (χ1n) is 5.38. The molecular formula is C12H11BrClN3OS. The van der Waals surface area contributed by atoms with Crippen molar-refractivity contribution in [3.8, 4) is 0 Å². The van der Waals surface area contributed by atoms with Gasteiger partial charge < -0.3 is 10.6 Å². The lowest BCUT2D eigenvalue weighted by Gasteiger charge is -2.17. The Bertz CT molecular complexity index is 617. The van der Waals surface area contributed by atoms with Crippen LogP contribution in [0.2, 0.25) is 4.34 Å². The van der Waals surface area contributed by atoms with E-state index in [0.717, 1.165) is 9.35 Å². The monoisotopic (exact) mass is 359 g/mol. The van der Waals surface area contributed by atoms with Crippen molar-refractivity contribution in [2.24, 2.45) is 0 Å². The van der Waals surface area contributed by atoms with Crippen molar-refractivity contribution in [1.82, 2.24) is 9.88 Å². The molecule has 19 heavy (non-hydrogen) atoms. The number of anilines is 1. The van der Waals surface area contributed by atoms with E-state index < -0.39 is 0 Å². The van der Waals surface area contributed by atoms with Gasteiger partial charge in [0.05, 0.1) is 16.4 Å². The lowest BCUT2D eigenvalue weighted by Crippen LogP contribution is -2.26. The number of nitrogens with zero attached hydrogens (tertiary/aromatic N) is 2. The second kappa shape index (κ2) is 5.90. The van der Waals surface area contributed by atoms with Gasteiger partial charge in [0.25, 0.3) is 5.91 Å². The predicted octanol–water partition coefficient (Wildman–Crippen LogP) is 3.41. The molecule has 0 aliphatic heterocycles. The quantitative estimate of drug-likeness (QED) is 0.912. The Hall–Kier alpha value is -1.11. The summed E-state index contributed by atoms with van der Waals surface area (Å²) < 4.78 is 1.43. The van der Waals surface area contributed by atoms with Gasteiger partial charge in [-0.15, -0.1) is 11.3 Å². The highest BCUT2D eigenvalue weighted by atomic mass is 79.9. The Morgan fingerprint density at radius 2 is 2.32 bits per heavy atom. The molecule has 0 radical (unpaired) electrons. The maximum Gasteiger partial charge on any atom is 0.257 e. The van der Waals surface area contributed by atoms with Crippen LogP contribution in [0.1, 0.15) is 15.2 Å². The third kappa shape index (κ3) is 3.46. The normalized spacial score (nSPS) is 10.5. The minimum Gasteiger partial charge on any atom is -0.383 e. The van der Waals surface area contributed by atoms with Gasteiger partial charge in [-0.1, -0.05) is 11.6 Å². The average Bonchev–Trinajstić information content (AvgIpc) is 2.77. The second-order valence-corrected chi connectivity index (χ2v) is 6.67. The molecule has 0 saturated carbocycles. The highest BCUT2D eigenvalue weighted by Gasteiger charge is 2.16. The largest absolute Gasteiger partial charge is 0.383 e. The number of aromatic nitrogens is 1. The first kappa shape index (κ1) is 14.3. The number of nitrogens with two attached hydrogens (primary N) is 1. The smallest absolute Gasteiger partial charge is 0.257 e. The molecule has 2 aromatic heterocycles.